The maximum atomic E-state index is 12.1. The van der Waals surface area contributed by atoms with E-state index in [9.17, 15) is 4.79 Å². The van der Waals surface area contributed by atoms with Gasteiger partial charge in [-0.15, -0.1) is 0 Å². The number of carbonyl (C=O) groups is 1. The summed E-state index contributed by atoms with van der Waals surface area (Å²) in [5.74, 6) is 4.34. The Morgan fingerprint density at radius 3 is 2.73 bits per heavy atom. The van der Waals surface area contributed by atoms with Crippen LogP contribution in [0, 0.1) is 40.4 Å². The molecule has 0 heterocycles. The van der Waals surface area contributed by atoms with Gasteiger partial charge in [-0.1, -0.05) is 52.2 Å². The molecular weight excluding hydrogens is 410 g/mol. The lowest BCUT2D eigenvalue weighted by Crippen LogP contribution is -2.50. The van der Waals surface area contributed by atoms with Crippen molar-refractivity contribution in [2.75, 3.05) is 13.2 Å². The van der Waals surface area contributed by atoms with Crippen LogP contribution in [-0.4, -0.2) is 30.5 Å². The Kier molecular flexibility index (Phi) is 7.83. The Balaban J connectivity index is 1.39. The molecule has 0 spiro atoms. The highest BCUT2D eigenvalue weighted by Gasteiger charge is 2.58. The Hall–Kier alpha value is -1.03. The van der Waals surface area contributed by atoms with Gasteiger partial charge in [0.15, 0.2) is 0 Å². The molecule has 3 fully saturated rings. The summed E-state index contributed by atoms with van der Waals surface area (Å²) in [5.41, 5.74) is 2.43. The molecule has 0 aromatic rings. The maximum Gasteiger partial charge on any atom is 0.407 e. The second-order valence-corrected chi connectivity index (χ2v) is 12.7. The van der Waals surface area contributed by atoms with Crippen LogP contribution in [0.25, 0.3) is 0 Å². The van der Waals surface area contributed by atoms with Gasteiger partial charge in [-0.3, -0.25) is 0 Å². The number of hydrogen-bond donors (Lipinski definition) is 2. The number of aliphatic hydroxyl groups excluding tert-OH is 1. The topological polar surface area (TPSA) is 58.6 Å². The summed E-state index contributed by atoms with van der Waals surface area (Å²) >= 11 is 0. The lowest BCUT2D eigenvalue weighted by molar-refractivity contribution is -0.0519. The highest BCUT2D eigenvalue weighted by Crippen LogP contribution is 2.66. The summed E-state index contributed by atoms with van der Waals surface area (Å²) in [4.78, 5) is 12.1. The predicted molar refractivity (Wildman–Crippen MR) is 134 cm³/mol. The zero-order valence-electron chi connectivity index (χ0n) is 21.7. The van der Waals surface area contributed by atoms with Crippen molar-refractivity contribution in [3.8, 4) is 0 Å². The van der Waals surface area contributed by atoms with Gasteiger partial charge in [-0.05, 0) is 98.2 Å². The number of carbonyl (C=O) groups excluding carboxylic acids is 1. The van der Waals surface area contributed by atoms with Gasteiger partial charge in [0, 0.05) is 19.6 Å². The summed E-state index contributed by atoms with van der Waals surface area (Å²) in [5, 5.41) is 11.7. The maximum absolute atomic E-state index is 12.1. The monoisotopic (exact) mass is 459 g/mol. The highest BCUT2D eigenvalue weighted by molar-refractivity contribution is 5.67. The minimum atomic E-state index is -0.325. The SMILES string of the molecule is CC(C)CCCC1CCC2C3CC=C4C[C@H](OC(=O)NCCCO)CC[C@@]4(C)C3CC[C@@]12C. The molecule has 0 aromatic carbocycles. The molecular formula is C29H49NO3. The number of amides is 1. The van der Waals surface area contributed by atoms with Crippen LogP contribution in [0.5, 0.6) is 0 Å². The summed E-state index contributed by atoms with van der Waals surface area (Å²) < 4.78 is 5.75. The third-order valence-electron chi connectivity index (χ3n) is 10.5. The van der Waals surface area contributed by atoms with E-state index in [-0.39, 0.29) is 18.8 Å². The third kappa shape index (κ3) is 5.02. The molecule has 3 saturated carbocycles. The van der Waals surface area contributed by atoms with Crippen LogP contribution in [-0.2, 0) is 4.74 Å². The number of aliphatic hydroxyl groups is 1. The molecule has 188 valence electrons. The average molecular weight is 460 g/mol. The second-order valence-electron chi connectivity index (χ2n) is 12.7. The zero-order chi connectivity index (χ0) is 23.6. The van der Waals surface area contributed by atoms with E-state index in [4.69, 9.17) is 9.84 Å². The van der Waals surface area contributed by atoms with E-state index in [1.807, 2.05) is 0 Å². The standard InChI is InChI=1S/C29H49NO3/c1-20(2)7-5-8-21-10-12-25-24-11-9-22-19-23(33-27(32)30-17-6-18-31)13-15-29(22,4)26(24)14-16-28(21,25)3/h9,20-21,23-26,31H,5-8,10-19H2,1-4H3,(H,30,32)/t21?,23-,24?,25?,26?,28+,29-/m1/s1. The minimum Gasteiger partial charge on any atom is -0.446 e. The summed E-state index contributed by atoms with van der Waals surface area (Å²) in [7, 11) is 0. The van der Waals surface area contributed by atoms with Gasteiger partial charge < -0.3 is 15.2 Å². The molecule has 0 saturated heterocycles. The van der Waals surface area contributed by atoms with Crippen molar-refractivity contribution in [2.45, 2.75) is 111 Å². The van der Waals surface area contributed by atoms with Crippen LogP contribution >= 0.6 is 0 Å². The van der Waals surface area contributed by atoms with Crippen molar-refractivity contribution < 1.29 is 14.6 Å². The van der Waals surface area contributed by atoms with Gasteiger partial charge in [0.2, 0.25) is 0 Å². The van der Waals surface area contributed by atoms with Gasteiger partial charge in [0.1, 0.15) is 6.10 Å². The van der Waals surface area contributed by atoms with Gasteiger partial charge in [-0.2, -0.15) is 0 Å². The van der Waals surface area contributed by atoms with Gasteiger partial charge in [-0.25, -0.2) is 4.79 Å². The van der Waals surface area contributed by atoms with Gasteiger partial charge in [0.05, 0.1) is 0 Å². The van der Waals surface area contributed by atoms with Gasteiger partial charge in [0.25, 0.3) is 0 Å². The molecule has 0 aromatic heterocycles. The molecule has 33 heavy (non-hydrogen) atoms. The first kappa shape index (κ1) is 25.1. The molecule has 1 amide bonds. The first-order valence-corrected chi connectivity index (χ1v) is 14.0. The van der Waals surface area contributed by atoms with Crippen LogP contribution in [0.15, 0.2) is 11.6 Å². The second kappa shape index (κ2) is 10.3. The third-order valence-corrected chi connectivity index (χ3v) is 10.5. The number of nitrogens with one attached hydrogen (secondary N) is 1. The van der Waals surface area contributed by atoms with E-state index >= 15 is 0 Å². The van der Waals surface area contributed by atoms with Crippen LogP contribution in [0.3, 0.4) is 0 Å². The molecule has 0 radical (unpaired) electrons. The quantitative estimate of drug-likeness (QED) is 0.308. The average Bonchev–Trinajstić information content (AvgIpc) is 3.10. The zero-order valence-corrected chi connectivity index (χ0v) is 21.7. The molecule has 4 aliphatic rings. The Labute approximate surface area is 202 Å². The van der Waals surface area contributed by atoms with Crippen molar-refractivity contribution in [3.05, 3.63) is 11.6 Å². The number of allylic oxidation sites excluding steroid dienone is 1. The highest BCUT2D eigenvalue weighted by atomic mass is 16.6. The lowest BCUT2D eigenvalue weighted by Gasteiger charge is -2.58. The molecule has 4 rings (SSSR count). The normalized spacial score (nSPS) is 39.9. The van der Waals surface area contributed by atoms with Crippen molar-refractivity contribution in [1.29, 1.82) is 0 Å². The summed E-state index contributed by atoms with van der Waals surface area (Å²) in [6, 6.07) is 0. The van der Waals surface area contributed by atoms with Crippen LogP contribution < -0.4 is 5.32 Å². The molecule has 2 N–H and O–H groups in total. The van der Waals surface area contributed by atoms with Crippen LogP contribution in [0.2, 0.25) is 0 Å². The number of alkyl carbamates (subject to hydrolysis) is 1. The fourth-order valence-electron chi connectivity index (χ4n) is 8.55. The van der Waals surface area contributed by atoms with E-state index in [2.05, 4.69) is 39.1 Å². The Bertz CT molecular complexity index is 718. The Morgan fingerprint density at radius 2 is 1.97 bits per heavy atom. The number of fused-ring (bicyclic) bond motifs is 5. The molecule has 0 aliphatic heterocycles. The van der Waals surface area contributed by atoms with Crippen molar-refractivity contribution in [1.82, 2.24) is 5.32 Å². The first-order valence-electron chi connectivity index (χ1n) is 14.0. The summed E-state index contributed by atoms with van der Waals surface area (Å²) in [6.07, 6.45) is 17.0. The smallest absolute Gasteiger partial charge is 0.407 e. The molecule has 4 aliphatic carbocycles. The molecule has 4 nitrogen and oxygen atoms in total. The summed E-state index contributed by atoms with van der Waals surface area (Å²) in [6.45, 7) is 10.5. The molecule has 0 bridgehead atoms. The van der Waals surface area contributed by atoms with Crippen molar-refractivity contribution in [3.63, 3.8) is 0 Å². The fourth-order valence-corrected chi connectivity index (χ4v) is 8.55. The van der Waals surface area contributed by atoms with E-state index in [0.717, 1.165) is 48.9 Å². The van der Waals surface area contributed by atoms with Crippen LogP contribution in [0.1, 0.15) is 105 Å². The van der Waals surface area contributed by atoms with Crippen LogP contribution in [0.4, 0.5) is 4.79 Å². The van der Waals surface area contributed by atoms with Crippen molar-refractivity contribution in [2.24, 2.45) is 40.4 Å². The van der Waals surface area contributed by atoms with E-state index in [0.29, 0.717) is 23.8 Å². The first-order chi connectivity index (χ1) is 15.8. The minimum absolute atomic E-state index is 0.000626. The largest absolute Gasteiger partial charge is 0.446 e. The van der Waals surface area contributed by atoms with E-state index < -0.39 is 0 Å². The molecule has 4 heteroatoms. The number of rotatable bonds is 8. The molecule has 7 atom stereocenters. The number of ether oxygens (including phenoxy) is 1. The fraction of sp³-hybridized carbons (Fsp3) is 0.897. The number of hydrogen-bond acceptors (Lipinski definition) is 3. The van der Waals surface area contributed by atoms with Gasteiger partial charge >= 0.3 is 6.09 Å². The van der Waals surface area contributed by atoms with Crippen molar-refractivity contribution >= 4 is 6.09 Å². The van der Waals surface area contributed by atoms with E-state index in [1.165, 1.54) is 51.4 Å². The predicted octanol–water partition coefficient (Wildman–Crippen LogP) is 6.87. The Morgan fingerprint density at radius 1 is 1.15 bits per heavy atom. The lowest BCUT2D eigenvalue weighted by atomic mass is 9.47. The van der Waals surface area contributed by atoms with E-state index in [1.54, 1.807) is 5.57 Å². The molecule has 4 unspecified atom stereocenters.